The van der Waals surface area contributed by atoms with E-state index in [0.29, 0.717) is 11.5 Å². The predicted molar refractivity (Wildman–Crippen MR) is 46.7 cm³/mol. The number of hydrogen-bond acceptors (Lipinski definition) is 4. The van der Waals surface area contributed by atoms with Crippen LogP contribution in [0.4, 0.5) is 0 Å². The van der Waals surface area contributed by atoms with Crippen molar-refractivity contribution in [1.82, 2.24) is 24.7 Å². The normalized spacial score (nSPS) is 10.2. The van der Waals surface area contributed by atoms with E-state index in [9.17, 15) is 0 Å². The fourth-order valence-corrected chi connectivity index (χ4v) is 0.979. The first-order valence-electron chi connectivity index (χ1n) is 4.06. The van der Waals surface area contributed by atoms with Crippen LogP contribution in [0.5, 0.6) is 0 Å². The minimum absolute atomic E-state index is 0.620. The van der Waals surface area contributed by atoms with Crippen molar-refractivity contribution in [2.75, 3.05) is 0 Å². The van der Waals surface area contributed by atoms with Gasteiger partial charge in [-0.15, -0.1) is 5.10 Å². The van der Waals surface area contributed by atoms with Crippen LogP contribution in [0.1, 0.15) is 6.92 Å². The molecule has 0 aliphatic rings. The molecule has 2 heterocycles. The van der Waals surface area contributed by atoms with Crippen LogP contribution < -0.4 is 0 Å². The lowest BCUT2D eigenvalue weighted by molar-refractivity contribution is 0.659. The Morgan fingerprint density at radius 2 is 2.23 bits per heavy atom. The Kier molecular flexibility index (Phi) is 1.99. The van der Waals surface area contributed by atoms with Crippen molar-refractivity contribution in [3.05, 3.63) is 24.9 Å². The first-order valence-corrected chi connectivity index (χ1v) is 4.06. The third kappa shape index (κ3) is 1.53. The molecule has 0 atom stereocenters. The molecule has 0 bridgehead atoms. The van der Waals surface area contributed by atoms with Gasteiger partial charge in [0.05, 0.1) is 6.20 Å². The predicted octanol–water partition coefficient (Wildman–Crippen LogP) is 0.755. The molecular formula is C8H9N5. The topological polar surface area (TPSA) is 56.5 Å². The van der Waals surface area contributed by atoms with Gasteiger partial charge in [-0.1, -0.05) is 0 Å². The second-order valence-electron chi connectivity index (χ2n) is 2.51. The van der Waals surface area contributed by atoms with Crippen molar-refractivity contribution in [3.8, 4) is 11.5 Å². The van der Waals surface area contributed by atoms with Gasteiger partial charge in [0.25, 0.3) is 0 Å². The molecule has 0 radical (unpaired) electrons. The summed E-state index contributed by atoms with van der Waals surface area (Å²) in [6.07, 6.45) is 6.58. The summed E-state index contributed by atoms with van der Waals surface area (Å²) in [7, 11) is 0. The molecule has 2 rings (SSSR count). The van der Waals surface area contributed by atoms with Gasteiger partial charge < -0.3 is 0 Å². The van der Waals surface area contributed by atoms with Crippen LogP contribution >= 0.6 is 0 Å². The van der Waals surface area contributed by atoms with E-state index in [1.165, 1.54) is 0 Å². The van der Waals surface area contributed by atoms with Crippen LogP contribution in [0.3, 0.4) is 0 Å². The smallest absolute Gasteiger partial charge is 0.201 e. The van der Waals surface area contributed by atoms with E-state index in [-0.39, 0.29) is 0 Å². The van der Waals surface area contributed by atoms with Crippen LogP contribution in [-0.4, -0.2) is 24.7 Å². The van der Waals surface area contributed by atoms with Gasteiger partial charge in [0, 0.05) is 18.9 Å². The molecule has 0 fully saturated rings. The fourth-order valence-electron chi connectivity index (χ4n) is 0.979. The van der Waals surface area contributed by atoms with E-state index < -0.39 is 0 Å². The Morgan fingerprint density at radius 1 is 1.31 bits per heavy atom. The Bertz CT molecular complexity index is 380. The summed E-state index contributed by atoms with van der Waals surface area (Å²) in [5.41, 5.74) is 0.703. The van der Waals surface area contributed by atoms with Gasteiger partial charge in [0.2, 0.25) is 5.82 Å². The minimum Gasteiger partial charge on any atom is -0.261 e. The summed E-state index contributed by atoms with van der Waals surface area (Å²) in [4.78, 5) is 12.1. The zero-order valence-corrected chi connectivity index (χ0v) is 7.25. The van der Waals surface area contributed by atoms with Crippen molar-refractivity contribution >= 4 is 0 Å². The van der Waals surface area contributed by atoms with Crippen molar-refractivity contribution in [2.45, 2.75) is 13.5 Å². The Morgan fingerprint density at radius 3 is 2.85 bits per heavy atom. The highest BCUT2D eigenvalue weighted by Crippen LogP contribution is 2.07. The lowest BCUT2D eigenvalue weighted by atomic mass is 10.4. The Balaban J connectivity index is 2.36. The van der Waals surface area contributed by atoms with E-state index in [4.69, 9.17) is 0 Å². The molecule has 5 heteroatoms. The summed E-state index contributed by atoms with van der Waals surface area (Å²) in [6.45, 7) is 2.82. The SMILES string of the molecule is CCn1cnc(-c2cnccn2)n1. The maximum atomic E-state index is 4.20. The number of aromatic nitrogens is 5. The molecule has 2 aromatic rings. The van der Waals surface area contributed by atoms with E-state index >= 15 is 0 Å². The average Bonchev–Trinajstić information content (AvgIpc) is 2.67. The number of rotatable bonds is 2. The molecule has 13 heavy (non-hydrogen) atoms. The van der Waals surface area contributed by atoms with E-state index in [2.05, 4.69) is 20.1 Å². The zero-order valence-electron chi connectivity index (χ0n) is 7.25. The summed E-state index contributed by atoms with van der Waals surface area (Å²) >= 11 is 0. The molecule has 0 aliphatic heterocycles. The quantitative estimate of drug-likeness (QED) is 0.676. The number of hydrogen-bond donors (Lipinski definition) is 0. The largest absolute Gasteiger partial charge is 0.261 e. The maximum Gasteiger partial charge on any atom is 0.201 e. The first kappa shape index (κ1) is 7.85. The standard InChI is InChI=1S/C8H9N5/c1-2-13-6-11-8(12-13)7-5-9-3-4-10-7/h3-6H,2H2,1H3. The Hall–Kier alpha value is -1.78. The summed E-state index contributed by atoms with van der Waals surface area (Å²) < 4.78 is 1.75. The van der Waals surface area contributed by atoms with E-state index in [1.807, 2.05) is 6.92 Å². The highest BCUT2D eigenvalue weighted by atomic mass is 15.3. The molecule has 0 saturated heterocycles. The van der Waals surface area contributed by atoms with Crippen molar-refractivity contribution in [2.24, 2.45) is 0 Å². The fraction of sp³-hybridized carbons (Fsp3) is 0.250. The third-order valence-corrected chi connectivity index (χ3v) is 1.65. The van der Waals surface area contributed by atoms with Gasteiger partial charge >= 0.3 is 0 Å². The second-order valence-corrected chi connectivity index (χ2v) is 2.51. The van der Waals surface area contributed by atoms with E-state index in [1.54, 1.807) is 29.6 Å². The van der Waals surface area contributed by atoms with Crippen LogP contribution in [0.25, 0.3) is 11.5 Å². The molecule has 0 saturated carbocycles. The molecule has 0 amide bonds. The average molecular weight is 175 g/mol. The zero-order chi connectivity index (χ0) is 9.10. The molecule has 2 aromatic heterocycles. The van der Waals surface area contributed by atoms with Gasteiger partial charge in [-0.3, -0.25) is 9.67 Å². The van der Waals surface area contributed by atoms with Gasteiger partial charge in [0.1, 0.15) is 12.0 Å². The minimum atomic E-state index is 0.620. The summed E-state index contributed by atoms with van der Waals surface area (Å²) in [5.74, 6) is 0.620. The second kappa shape index (κ2) is 3.30. The summed E-state index contributed by atoms with van der Waals surface area (Å²) in [5, 5.41) is 4.20. The summed E-state index contributed by atoms with van der Waals surface area (Å²) in [6, 6.07) is 0. The number of aryl methyl sites for hydroxylation is 1. The van der Waals surface area contributed by atoms with E-state index in [0.717, 1.165) is 6.54 Å². The van der Waals surface area contributed by atoms with Crippen molar-refractivity contribution < 1.29 is 0 Å². The number of nitrogens with zero attached hydrogens (tertiary/aromatic N) is 5. The molecule has 66 valence electrons. The third-order valence-electron chi connectivity index (χ3n) is 1.65. The van der Waals surface area contributed by atoms with Crippen molar-refractivity contribution in [3.63, 3.8) is 0 Å². The highest BCUT2D eigenvalue weighted by Gasteiger charge is 2.03. The molecular weight excluding hydrogens is 166 g/mol. The molecule has 5 nitrogen and oxygen atoms in total. The van der Waals surface area contributed by atoms with Gasteiger partial charge in [-0.05, 0) is 6.92 Å². The van der Waals surface area contributed by atoms with Crippen LogP contribution in [0.15, 0.2) is 24.9 Å². The monoisotopic (exact) mass is 175 g/mol. The van der Waals surface area contributed by atoms with Gasteiger partial charge in [-0.2, -0.15) is 0 Å². The van der Waals surface area contributed by atoms with Crippen LogP contribution in [0, 0.1) is 0 Å². The van der Waals surface area contributed by atoms with Crippen molar-refractivity contribution in [1.29, 1.82) is 0 Å². The Labute approximate surface area is 75.5 Å². The highest BCUT2D eigenvalue weighted by molar-refractivity contribution is 5.45. The molecule has 0 aliphatic carbocycles. The van der Waals surface area contributed by atoms with Gasteiger partial charge in [-0.25, -0.2) is 9.97 Å². The molecule has 0 N–H and O–H groups in total. The molecule has 0 aromatic carbocycles. The lowest BCUT2D eigenvalue weighted by Crippen LogP contribution is -1.94. The van der Waals surface area contributed by atoms with Crippen LogP contribution in [0.2, 0.25) is 0 Å². The molecule has 0 spiro atoms. The van der Waals surface area contributed by atoms with Crippen LogP contribution in [-0.2, 0) is 6.54 Å². The first-order chi connectivity index (χ1) is 6.40. The molecule has 0 unspecified atom stereocenters. The van der Waals surface area contributed by atoms with Gasteiger partial charge in [0.15, 0.2) is 0 Å². The lowest BCUT2D eigenvalue weighted by Gasteiger charge is -1.91. The maximum absolute atomic E-state index is 4.20.